The van der Waals surface area contributed by atoms with Crippen molar-refractivity contribution in [2.75, 3.05) is 12.8 Å². The topological polar surface area (TPSA) is 114 Å². The van der Waals surface area contributed by atoms with Crippen molar-refractivity contribution in [1.82, 2.24) is 30.3 Å². The molecule has 2 rings (SSSR count). The van der Waals surface area contributed by atoms with E-state index in [0.29, 0.717) is 12.4 Å². The lowest BCUT2D eigenvalue weighted by Crippen LogP contribution is -2.27. The third-order valence-corrected chi connectivity index (χ3v) is 2.10. The molecule has 1 amide bonds. The van der Waals surface area contributed by atoms with Crippen LogP contribution in [0.4, 0.5) is 5.82 Å². The molecule has 0 saturated heterocycles. The Morgan fingerprint density at radius 1 is 1.47 bits per heavy atom. The maximum atomic E-state index is 11.9. The van der Waals surface area contributed by atoms with Gasteiger partial charge in [0.15, 0.2) is 5.69 Å². The first kappa shape index (κ1) is 11.0. The van der Waals surface area contributed by atoms with Crippen molar-refractivity contribution in [3.63, 3.8) is 0 Å². The summed E-state index contributed by atoms with van der Waals surface area (Å²) in [6.07, 6.45) is 1.39. The van der Waals surface area contributed by atoms with Crippen molar-refractivity contribution in [3.8, 4) is 0 Å². The maximum absolute atomic E-state index is 11.9. The molecule has 0 radical (unpaired) electrons. The molecule has 0 aromatic carbocycles. The number of hydrogen-bond acceptors (Lipinski definition) is 6. The zero-order chi connectivity index (χ0) is 12.3. The molecular formula is C9H11N7O. The van der Waals surface area contributed by atoms with Crippen LogP contribution < -0.4 is 5.73 Å². The maximum Gasteiger partial charge on any atom is 0.274 e. The van der Waals surface area contributed by atoms with Gasteiger partial charge in [0.05, 0.1) is 6.54 Å². The molecule has 0 aliphatic rings. The van der Waals surface area contributed by atoms with E-state index in [4.69, 9.17) is 5.73 Å². The summed E-state index contributed by atoms with van der Waals surface area (Å²) in [6, 6.07) is 3.06. The van der Waals surface area contributed by atoms with Crippen molar-refractivity contribution >= 4 is 11.7 Å². The summed E-state index contributed by atoms with van der Waals surface area (Å²) < 4.78 is 0. The Bertz CT molecular complexity index is 493. The van der Waals surface area contributed by atoms with Crippen LogP contribution in [-0.4, -0.2) is 43.2 Å². The molecule has 2 heterocycles. The second-order valence-corrected chi connectivity index (χ2v) is 3.44. The Labute approximate surface area is 96.9 Å². The molecule has 0 fully saturated rings. The highest BCUT2D eigenvalue weighted by atomic mass is 16.2. The average molecular weight is 233 g/mol. The Morgan fingerprint density at radius 3 is 2.88 bits per heavy atom. The molecule has 8 heteroatoms. The van der Waals surface area contributed by atoms with Crippen molar-refractivity contribution < 1.29 is 4.79 Å². The van der Waals surface area contributed by atoms with E-state index >= 15 is 0 Å². The number of aromatic amines is 1. The number of nitrogen functional groups attached to an aromatic ring is 1. The minimum atomic E-state index is -0.256. The van der Waals surface area contributed by atoms with E-state index in [1.165, 1.54) is 23.4 Å². The second-order valence-electron chi connectivity index (χ2n) is 3.44. The first-order chi connectivity index (χ1) is 8.16. The van der Waals surface area contributed by atoms with Gasteiger partial charge in [0.2, 0.25) is 0 Å². The van der Waals surface area contributed by atoms with E-state index < -0.39 is 0 Å². The number of carbonyl (C=O) groups excluding carboxylic acids is 1. The lowest BCUT2D eigenvalue weighted by Gasteiger charge is -2.14. The number of rotatable bonds is 3. The van der Waals surface area contributed by atoms with Crippen LogP contribution in [0.15, 0.2) is 18.5 Å². The van der Waals surface area contributed by atoms with Crippen LogP contribution in [0.1, 0.15) is 16.3 Å². The molecule has 0 unspecified atom stereocenters. The fraction of sp³-hybridized carbons (Fsp3) is 0.222. The minimum absolute atomic E-state index is 0.237. The highest BCUT2D eigenvalue weighted by Gasteiger charge is 2.14. The standard InChI is InChI=1S/C9H11N7O/c1-16(4-8-11-5-12-15-8)9(17)6-2-3-7(10)14-13-6/h2-3,5H,4H2,1H3,(H2,10,14)(H,11,12,15). The molecule has 2 aromatic rings. The first-order valence-electron chi connectivity index (χ1n) is 4.85. The van der Waals surface area contributed by atoms with Crippen molar-refractivity contribution in [2.45, 2.75) is 6.54 Å². The third-order valence-electron chi connectivity index (χ3n) is 2.10. The van der Waals surface area contributed by atoms with E-state index in [0.717, 1.165) is 0 Å². The molecule has 0 saturated carbocycles. The number of carbonyl (C=O) groups is 1. The van der Waals surface area contributed by atoms with Crippen LogP contribution in [-0.2, 0) is 6.54 Å². The normalized spacial score (nSPS) is 10.2. The fourth-order valence-corrected chi connectivity index (χ4v) is 1.26. The number of amides is 1. The lowest BCUT2D eigenvalue weighted by atomic mass is 10.3. The quantitative estimate of drug-likeness (QED) is 0.735. The van der Waals surface area contributed by atoms with E-state index in [-0.39, 0.29) is 17.4 Å². The summed E-state index contributed by atoms with van der Waals surface area (Å²) in [5, 5.41) is 13.7. The van der Waals surface area contributed by atoms with Crippen LogP contribution in [0.25, 0.3) is 0 Å². The largest absolute Gasteiger partial charge is 0.382 e. The van der Waals surface area contributed by atoms with Crippen LogP contribution >= 0.6 is 0 Å². The SMILES string of the molecule is CN(Cc1ncn[nH]1)C(=O)c1ccc(N)nn1. The lowest BCUT2D eigenvalue weighted by molar-refractivity contribution is 0.0775. The van der Waals surface area contributed by atoms with E-state index in [1.54, 1.807) is 7.05 Å². The predicted molar refractivity (Wildman–Crippen MR) is 58.6 cm³/mol. The van der Waals surface area contributed by atoms with Gasteiger partial charge in [-0.05, 0) is 12.1 Å². The second kappa shape index (κ2) is 4.56. The number of anilines is 1. The van der Waals surface area contributed by atoms with Crippen molar-refractivity contribution in [2.24, 2.45) is 0 Å². The Balaban J connectivity index is 2.07. The van der Waals surface area contributed by atoms with Gasteiger partial charge in [0.1, 0.15) is 18.0 Å². The monoisotopic (exact) mass is 233 g/mol. The summed E-state index contributed by atoms with van der Waals surface area (Å²) in [5.41, 5.74) is 5.63. The zero-order valence-electron chi connectivity index (χ0n) is 9.16. The Hall–Kier alpha value is -2.51. The molecule has 0 atom stereocenters. The molecule has 0 aliphatic carbocycles. The number of H-pyrrole nitrogens is 1. The van der Waals surface area contributed by atoms with Gasteiger partial charge in [0, 0.05) is 7.05 Å². The molecule has 8 nitrogen and oxygen atoms in total. The molecule has 0 spiro atoms. The fourth-order valence-electron chi connectivity index (χ4n) is 1.26. The van der Waals surface area contributed by atoms with Gasteiger partial charge in [-0.1, -0.05) is 0 Å². The van der Waals surface area contributed by atoms with Gasteiger partial charge >= 0.3 is 0 Å². The van der Waals surface area contributed by atoms with Gasteiger partial charge in [-0.3, -0.25) is 9.89 Å². The Kier molecular flexibility index (Phi) is 2.95. The highest BCUT2D eigenvalue weighted by Crippen LogP contribution is 2.03. The number of hydrogen-bond donors (Lipinski definition) is 2. The molecular weight excluding hydrogens is 222 g/mol. The van der Waals surface area contributed by atoms with Gasteiger partial charge in [-0.15, -0.1) is 10.2 Å². The third kappa shape index (κ3) is 2.54. The molecule has 17 heavy (non-hydrogen) atoms. The van der Waals surface area contributed by atoms with Crippen LogP contribution in [0, 0.1) is 0 Å². The molecule has 3 N–H and O–H groups in total. The van der Waals surface area contributed by atoms with Crippen LogP contribution in [0.3, 0.4) is 0 Å². The highest BCUT2D eigenvalue weighted by molar-refractivity contribution is 5.91. The van der Waals surface area contributed by atoms with Crippen LogP contribution in [0.2, 0.25) is 0 Å². The smallest absolute Gasteiger partial charge is 0.274 e. The predicted octanol–water partition coefficient (Wildman–Crippen LogP) is -0.551. The number of nitrogens with one attached hydrogen (secondary N) is 1. The number of nitrogens with zero attached hydrogens (tertiary/aromatic N) is 5. The summed E-state index contributed by atoms with van der Waals surface area (Å²) in [7, 11) is 1.64. The minimum Gasteiger partial charge on any atom is -0.382 e. The molecule has 0 aliphatic heterocycles. The molecule has 2 aromatic heterocycles. The zero-order valence-corrected chi connectivity index (χ0v) is 9.16. The molecule has 0 bridgehead atoms. The summed E-state index contributed by atoms with van der Waals surface area (Å²) in [6.45, 7) is 0.324. The van der Waals surface area contributed by atoms with Gasteiger partial charge in [-0.25, -0.2) is 4.98 Å². The van der Waals surface area contributed by atoms with Gasteiger partial charge in [-0.2, -0.15) is 5.10 Å². The average Bonchev–Trinajstić information content (AvgIpc) is 2.82. The molecule has 88 valence electrons. The summed E-state index contributed by atoms with van der Waals surface area (Å²) >= 11 is 0. The van der Waals surface area contributed by atoms with Crippen molar-refractivity contribution in [3.05, 3.63) is 30.0 Å². The number of nitrogens with two attached hydrogens (primary N) is 1. The first-order valence-corrected chi connectivity index (χ1v) is 4.85. The summed E-state index contributed by atoms with van der Waals surface area (Å²) in [4.78, 5) is 17.3. The van der Waals surface area contributed by atoms with E-state index in [9.17, 15) is 4.79 Å². The van der Waals surface area contributed by atoms with Gasteiger partial charge < -0.3 is 10.6 Å². The van der Waals surface area contributed by atoms with Crippen molar-refractivity contribution in [1.29, 1.82) is 0 Å². The van der Waals surface area contributed by atoms with Crippen LogP contribution in [0.5, 0.6) is 0 Å². The van der Waals surface area contributed by atoms with E-state index in [1.807, 2.05) is 0 Å². The number of aromatic nitrogens is 5. The summed E-state index contributed by atoms with van der Waals surface area (Å²) in [5.74, 6) is 0.623. The van der Waals surface area contributed by atoms with Gasteiger partial charge in [0.25, 0.3) is 5.91 Å². The Morgan fingerprint density at radius 2 is 2.29 bits per heavy atom. The van der Waals surface area contributed by atoms with E-state index in [2.05, 4.69) is 25.4 Å².